The second kappa shape index (κ2) is 14.2. The molecule has 1 saturated heterocycles. The Kier molecular flexibility index (Phi) is 11.7. The van der Waals surface area contributed by atoms with Gasteiger partial charge in [0.2, 0.25) is 0 Å². The van der Waals surface area contributed by atoms with Gasteiger partial charge >= 0.3 is 0 Å². The molecule has 1 aliphatic heterocycles. The first kappa shape index (κ1) is 25.4. The summed E-state index contributed by atoms with van der Waals surface area (Å²) in [6.45, 7) is 6.71. The van der Waals surface area contributed by atoms with E-state index in [1.807, 2.05) is 37.4 Å². The van der Waals surface area contributed by atoms with Crippen molar-refractivity contribution in [3.63, 3.8) is 0 Å². The lowest BCUT2D eigenvalue weighted by Crippen LogP contribution is -2.45. The number of hydrogen-bond acceptors (Lipinski definition) is 4. The summed E-state index contributed by atoms with van der Waals surface area (Å²) in [7, 11) is 1.82. The van der Waals surface area contributed by atoms with Gasteiger partial charge in [0.1, 0.15) is 12.4 Å². The van der Waals surface area contributed by atoms with Crippen molar-refractivity contribution in [3.05, 3.63) is 59.9 Å². The number of nitrogens with one attached hydrogen (secondary N) is 2. The number of hydrogen-bond donors (Lipinski definition) is 2. The predicted octanol–water partition coefficient (Wildman–Crippen LogP) is 4.21. The van der Waals surface area contributed by atoms with Crippen molar-refractivity contribution in [2.24, 2.45) is 4.99 Å². The minimum Gasteiger partial charge on any atom is -0.487 e. The van der Waals surface area contributed by atoms with Crippen molar-refractivity contribution in [2.75, 3.05) is 26.7 Å². The maximum absolute atomic E-state index is 5.80. The summed E-state index contributed by atoms with van der Waals surface area (Å²) in [5, 5.41) is 6.84. The molecule has 6 nitrogen and oxygen atoms in total. The zero-order valence-corrected chi connectivity index (χ0v) is 21.0. The van der Waals surface area contributed by atoms with Crippen molar-refractivity contribution < 1.29 is 4.74 Å². The van der Waals surface area contributed by atoms with Gasteiger partial charge in [-0.05, 0) is 55.6 Å². The minimum absolute atomic E-state index is 0. The first-order chi connectivity index (χ1) is 14.8. The Morgan fingerprint density at radius 3 is 2.71 bits per heavy atom. The van der Waals surface area contributed by atoms with Gasteiger partial charge in [-0.2, -0.15) is 0 Å². The molecule has 0 amide bonds. The lowest BCUT2D eigenvalue weighted by molar-refractivity contribution is 0.147. The molecule has 1 atom stereocenters. The van der Waals surface area contributed by atoms with Crippen molar-refractivity contribution in [1.82, 2.24) is 20.5 Å². The molecule has 0 spiro atoms. The maximum Gasteiger partial charge on any atom is 0.191 e. The first-order valence-corrected chi connectivity index (χ1v) is 11.1. The van der Waals surface area contributed by atoms with E-state index in [-0.39, 0.29) is 24.0 Å². The third kappa shape index (κ3) is 8.65. The van der Waals surface area contributed by atoms with Crippen LogP contribution in [0.15, 0.2) is 53.7 Å². The van der Waals surface area contributed by atoms with E-state index in [9.17, 15) is 0 Å². The van der Waals surface area contributed by atoms with Crippen LogP contribution in [0.2, 0.25) is 0 Å². The van der Waals surface area contributed by atoms with Gasteiger partial charge in [0.05, 0.1) is 5.69 Å². The zero-order valence-electron chi connectivity index (χ0n) is 18.7. The van der Waals surface area contributed by atoms with Gasteiger partial charge in [-0.3, -0.25) is 14.9 Å². The van der Waals surface area contributed by atoms with Crippen LogP contribution in [0.1, 0.15) is 43.9 Å². The highest BCUT2D eigenvalue weighted by molar-refractivity contribution is 14.0. The fraction of sp³-hybridized carbons (Fsp3) is 0.500. The summed E-state index contributed by atoms with van der Waals surface area (Å²) < 4.78 is 5.80. The third-order valence-electron chi connectivity index (χ3n) is 5.63. The normalized spacial score (nSPS) is 17.0. The summed E-state index contributed by atoms with van der Waals surface area (Å²) in [5.74, 6) is 1.69. The molecular formula is C24H36IN5O. The van der Waals surface area contributed by atoms with E-state index in [4.69, 9.17) is 4.74 Å². The number of nitrogens with zero attached hydrogens (tertiary/aromatic N) is 3. The second-order valence-electron chi connectivity index (χ2n) is 7.70. The van der Waals surface area contributed by atoms with E-state index < -0.39 is 0 Å². The molecule has 1 aliphatic rings. The minimum atomic E-state index is 0. The fourth-order valence-electron chi connectivity index (χ4n) is 3.89. The van der Waals surface area contributed by atoms with Gasteiger partial charge in [-0.15, -0.1) is 24.0 Å². The molecule has 0 saturated carbocycles. The molecule has 1 fully saturated rings. The number of ether oxygens (including phenoxy) is 1. The van der Waals surface area contributed by atoms with E-state index in [1.54, 1.807) is 6.20 Å². The smallest absolute Gasteiger partial charge is 0.191 e. The number of guanidine groups is 1. The lowest BCUT2D eigenvalue weighted by Gasteiger charge is -2.35. The average Bonchev–Trinajstić information content (AvgIpc) is 2.81. The number of benzene rings is 1. The molecule has 2 heterocycles. The highest BCUT2D eigenvalue weighted by atomic mass is 127. The Morgan fingerprint density at radius 1 is 1.16 bits per heavy atom. The third-order valence-corrected chi connectivity index (χ3v) is 5.63. The summed E-state index contributed by atoms with van der Waals surface area (Å²) in [6, 6.07) is 14.7. The van der Waals surface area contributed by atoms with Crippen molar-refractivity contribution >= 4 is 29.9 Å². The van der Waals surface area contributed by atoms with Crippen LogP contribution in [0.4, 0.5) is 0 Å². The van der Waals surface area contributed by atoms with Crippen LogP contribution in [0, 0.1) is 0 Å². The standard InChI is InChI=1S/C24H35N5O.HI/c1-3-22-9-5-7-16-29(22)17-15-27-24(25-2)28-18-20-10-12-23(13-11-20)30-19-21-8-4-6-14-26-21;/h4,6,8,10-14,22H,3,5,7,9,15-19H2,1-2H3,(H2,25,27,28);1H. The van der Waals surface area contributed by atoms with E-state index in [1.165, 1.54) is 37.8 Å². The van der Waals surface area contributed by atoms with Gasteiger partial charge in [0, 0.05) is 38.9 Å². The SMILES string of the molecule is CCC1CCCCN1CCNC(=NC)NCc1ccc(OCc2ccccn2)cc1.I. The van der Waals surface area contributed by atoms with E-state index in [2.05, 4.69) is 44.6 Å². The molecule has 31 heavy (non-hydrogen) atoms. The number of rotatable bonds is 9. The highest BCUT2D eigenvalue weighted by Gasteiger charge is 2.19. The van der Waals surface area contributed by atoms with Gasteiger partial charge in [0.15, 0.2) is 5.96 Å². The maximum atomic E-state index is 5.80. The number of halogens is 1. The molecule has 1 unspecified atom stereocenters. The van der Waals surface area contributed by atoms with Crippen LogP contribution in [0.25, 0.3) is 0 Å². The van der Waals surface area contributed by atoms with Crippen molar-refractivity contribution in [2.45, 2.75) is 51.8 Å². The Bertz CT molecular complexity index is 769. The zero-order chi connectivity index (χ0) is 21.0. The summed E-state index contributed by atoms with van der Waals surface area (Å²) in [4.78, 5) is 11.2. The number of likely N-dealkylation sites (tertiary alicyclic amines) is 1. The van der Waals surface area contributed by atoms with Crippen LogP contribution in [0.5, 0.6) is 5.75 Å². The second-order valence-corrected chi connectivity index (χ2v) is 7.70. The molecule has 1 aromatic heterocycles. The molecule has 2 N–H and O–H groups in total. The van der Waals surface area contributed by atoms with E-state index >= 15 is 0 Å². The number of piperidine rings is 1. The quantitative estimate of drug-likeness (QED) is 0.285. The Balaban J connectivity index is 0.00000341. The molecule has 0 radical (unpaired) electrons. The summed E-state index contributed by atoms with van der Waals surface area (Å²) >= 11 is 0. The van der Waals surface area contributed by atoms with Gasteiger partial charge in [-0.1, -0.05) is 31.5 Å². The molecule has 0 aliphatic carbocycles. The molecule has 1 aromatic carbocycles. The molecule has 7 heteroatoms. The molecule has 3 rings (SSSR count). The highest BCUT2D eigenvalue weighted by Crippen LogP contribution is 2.18. The Labute approximate surface area is 203 Å². The monoisotopic (exact) mass is 537 g/mol. The van der Waals surface area contributed by atoms with Gasteiger partial charge < -0.3 is 15.4 Å². The predicted molar refractivity (Wildman–Crippen MR) is 138 cm³/mol. The molecular weight excluding hydrogens is 501 g/mol. The Hall–Kier alpha value is -1.87. The van der Waals surface area contributed by atoms with Gasteiger partial charge in [0.25, 0.3) is 0 Å². The van der Waals surface area contributed by atoms with Crippen molar-refractivity contribution in [1.29, 1.82) is 0 Å². The van der Waals surface area contributed by atoms with Crippen molar-refractivity contribution in [3.8, 4) is 5.75 Å². The molecule has 0 bridgehead atoms. The van der Waals surface area contributed by atoms with Crippen LogP contribution in [0.3, 0.4) is 0 Å². The number of aromatic nitrogens is 1. The molecule has 170 valence electrons. The average molecular weight is 537 g/mol. The van der Waals surface area contributed by atoms with Crippen LogP contribution >= 0.6 is 24.0 Å². The van der Waals surface area contributed by atoms with Crippen LogP contribution in [-0.2, 0) is 13.2 Å². The van der Waals surface area contributed by atoms with E-state index in [0.29, 0.717) is 6.61 Å². The first-order valence-electron chi connectivity index (χ1n) is 11.1. The van der Waals surface area contributed by atoms with Crippen LogP contribution in [-0.4, -0.2) is 48.6 Å². The topological polar surface area (TPSA) is 61.8 Å². The van der Waals surface area contributed by atoms with E-state index in [0.717, 1.165) is 43.1 Å². The lowest BCUT2D eigenvalue weighted by atomic mass is 10.0. The number of pyridine rings is 1. The largest absolute Gasteiger partial charge is 0.487 e. The summed E-state index contributed by atoms with van der Waals surface area (Å²) in [6.07, 6.45) is 7.06. The number of aliphatic imine (C=N–C) groups is 1. The molecule has 2 aromatic rings. The summed E-state index contributed by atoms with van der Waals surface area (Å²) in [5.41, 5.74) is 2.11. The fourth-order valence-corrected chi connectivity index (χ4v) is 3.89. The Morgan fingerprint density at radius 2 is 2.00 bits per heavy atom. The van der Waals surface area contributed by atoms with Crippen LogP contribution < -0.4 is 15.4 Å². The van der Waals surface area contributed by atoms with Gasteiger partial charge in [-0.25, -0.2) is 0 Å².